The van der Waals surface area contributed by atoms with Gasteiger partial charge in [-0.15, -0.1) is 5.10 Å². The lowest BCUT2D eigenvalue weighted by Crippen LogP contribution is -2.28. The van der Waals surface area contributed by atoms with Gasteiger partial charge >= 0.3 is 5.69 Å². The van der Waals surface area contributed by atoms with E-state index in [1.54, 1.807) is 48.5 Å². The van der Waals surface area contributed by atoms with Gasteiger partial charge in [0.05, 0.1) is 11.0 Å². The van der Waals surface area contributed by atoms with Crippen molar-refractivity contribution in [3.05, 3.63) is 93.9 Å². The lowest BCUT2D eigenvalue weighted by Gasteiger charge is -2.07. The Morgan fingerprint density at radius 1 is 1.06 bits per heavy atom. The number of benzene rings is 3. The first-order valence-corrected chi connectivity index (χ1v) is 10.5. The van der Waals surface area contributed by atoms with Gasteiger partial charge in [-0.2, -0.15) is 0 Å². The van der Waals surface area contributed by atoms with Crippen molar-refractivity contribution >= 4 is 39.9 Å². The molecule has 0 aliphatic rings. The van der Waals surface area contributed by atoms with Crippen LogP contribution in [0.4, 0.5) is 5.69 Å². The van der Waals surface area contributed by atoms with E-state index >= 15 is 0 Å². The minimum Gasteiger partial charge on any atom is -0.436 e. The Morgan fingerprint density at radius 3 is 2.61 bits per heavy atom. The molecular weight excluding hydrogens is 442 g/mol. The number of halogens is 1. The van der Waals surface area contributed by atoms with Crippen LogP contribution in [0.3, 0.4) is 0 Å². The minimum absolute atomic E-state index is 0.168. The monoisotopic (exact) mass is 459 g/mol. The van der Waals surface area contributed by atoms with Gasteiger partial charge in [0.1, 0.15) is 12.3 Å². The summed E-state index contributed by atoms with van der Waals surface area (Å²) in [5, 5.41) is 7.65. The molecule has 2 aromatic heterocycles. The van der Waals surface area contributed by atoms with E-state index in [9.17, 15) is 9.59 Å². The summed E-state index contributed by atoms with van der Waals surface area (Å²) in [5.74, 6) is 0.308. The maximum atomic E-state index is 13.2. The smallest absolute Gasteiger partial charge is 0.351 e. The minimum atomic E-state index is -0.474. The first kappa shape index (κ1) is 20.7. The molecule has 0 radical (unpaired) electrons. The Kier molecular flexibility index (Phi) is 5.27. The molecule has 1 amide bonds. The van der Waals surface area contributed by atoms with Crippen molar-refractivity contribution in [2.45, 2.75) is 13.5 Å². The van der Waals surface area contributed by atoms with Crippen molar-refractivity contribution in [2.24, 2.45) is 0 Å². The molecule has 0 unspecified atom stereocenters. The summed E-state index contributed by atoms with van der Waals surface area (Å²) in [4.78, 5) is 30.4. The number of aryl methyl sites for hydroxylation is 1. The molecule has 0 atom stereocenters. The van der Waals surface area contributed by atoms with E-state index in [1.165, 1.54) is 4.40 Å². The first-order valence-electron chi connectivity index (χ1n) is 10.2. The highest BCUT2D eigenvalue weighted by atomic mass is 35.5. The van der Waals surface area contributed by atoms with Crippen LogP contribution in [0.1, 0.15) is 5.56 Å². The third-order valence-electron chi connectivity index (χ3n) is 5.08. The second-order valence-electron chi connectivity index (χ2n) is 7.43. The molecule has 164 valence electrons. The Morgan fingerprint density at radius 2 is 1.82 bits per heavy atom. The van der Waals surface area contributed by atoms with Gasteiger partial charge in [0, 0.05) is 10.7 Å². The van der Waals surface area contributed by atoms with Crippen LogP contribution in [-0.2, 0) is 11.3 Å². The van der Waals surface area contributed by atoms with Gasteiger partial charge in [-0.3, -0.25) is 4.79 Å². The zero-order chi connectivity index (χ0) is 22.9. The number of aromatic nitrogens is 4. The van der Waals surface area contributed by atoms with Crippen molar-refractivity contribution < 1.29 is 9.53 Å². The molecule has 5 rings (SSSR count). The molecule has 0 spiro atoms. The molecule has 0 aliphatic carbocycles. The van der Waals surface area contributed by atoms with Crippen molar-refractivity contribution in [1.29, 1.82) is 0 Å². The first-order chi connectivity index (χ1) is 16.0. The van der Waals surface area contributed by atoms with Gasteiger partial charge in [0.2, 0.25) is 11.6 Å². The van der Waals surface area contributed by atoms with Gasteiger partial charge in [-0.1, -0.05) is 48.0 Å². The number of ether oxygens (including phenoxy) is 1. The van der Waals surface area contributed by atoms with Crippen LogP contribution in [-0.4, -0.2) is 25.1 Å². The van der Waals surface area contributed by atoms with Crippen LogP contribution in [0.2, 0.25) is 5.02 Å². The van der Waals surface area contributed by atoms with Crippen LogP contribution in [0, 0.1) is 6.92 Å². The third-order valence-corrected chi connectivity index (χ3v) is 5.49. The Hall–Kier alpha value is -4.17. The zero-order valence-corrected chi connectivity index (χ0v) is 18.3. The van der Waals surface area contributed by atoms with Gasteiger partial charge in [0.25, 0.3) is 5.88 Å². The van der Waals surface area contributed by atoms with Gasteiger partial charge < -0.3 is 10.1 Å². The quantitative estimate of drug-likeness (QED) is 0.419. The number of amides is 1. The fraction of sp³-hybridized carbons (Fsp3) is 0.0833. The van der Waals surface area contributed by atoms with E-state index in [-0.39, 0.29) is 18.1 Å². The predicted molar refractivity (Wildman–Crippen MR) is 126 cm³/mol. The van der Waals surface area contributed by atoms with Crippen LogP contribution >= 0.6 is 11.6 Å². The number of rotatable bonds is 5. The van der Waals surface area contributed by atoms with E-state index < -0.39 is 11.6 Å². The van der Waals surface area contributed by atoms with Crippen LogP contribution < -0.4 is 15.7 Å². The second-order valence-corrected chi connectivity index (χ2v) is 7.84. The Bertz CT molecular complexity index is 1560. The SMILES string of the molecule is Cc1ccc(NC(=O)Cn2nc3c(Oc4ccccc4)nc4ccccc4n3c2=O)cc1Cl. The number of carbonyl (C=O) groups excluding carboxylic acids is 1. The number of para-hydroxylation sites is 3. The highest BCUT2D eigenvalue weighted by Crippen LogP contribution is 2.26. The number of nitrogens with zero attached hydrogens (tertiary/aromatic N) is 4. The number of hydrogen-bond acceptors (Lipinski definition) is 5. The Balaban J connectivity index is 1.54. The third kappa shape index (κ3) is 4.04. The molecule has 0 fully saturated rings. The normalized spacial score (nSPS) is 11.1. The molecule has 0 saturated heterocycles. The molecule has 5 aromatic rings. The second kappa shape index (κ2) is 8.40. The van der Waals surface area contributed by atoms with Crippen molar-refractivity contribution in [2.75, 3.05) is 5.32 Å². The number of fused-ring (bicyclic) bond motifs is 3. The van der Waals surface area contributed by atoms with E-state index in [4.69, 9.17) is 16.3 Å². The van der Waals surface area contributed by atoms with E-state index in [2.05, 4.69) is 15.4 Å². The highest BCUT2D eigenvalue weighted by Gasteiger charge is 2.19. The fourth-order valence-electron chi connectivity index (χ4n) is 3.45. The summed E-state index contributed by atoms with van der Waals surface area (Å²) in [7, 11) is 0. The molecular formula is C24H18ClN5O3. The summed E-state index contributed by atoms with van der Waals surface area (Å²) in [6.45, 7) is 1.59. The number of anilines is 1. The topological polar surface area (TPSA) is 90.5 Å². The summed E-state index contributed by atoms with van der Waals surface area (Å²) in [6.07, 6.45) is 0. The molecule has 33 heavy (non-hydrogen) atoms. The molecule has 9 heteroatoms. The average Bonchev–Trinajstić information content (AvgIpc) is 3.13. The maximum Gasteiger partial charge on any atom is 0.351 e. The number of hydrogen-bond donors (Lipinski definition) is 1. The average molecular weight is 460 g/mol. The number of carbonyl (C=O) groups is 1. The largest absolute Gasteiger partial charge is 0.436 e. The van der Waals surface area contributed by atoms with Crippen LogP contribution in [0.25, 0.3) is 16.7 Å². The van der Waals surface area contributed by atoms with Crippen molar-refractivity contribution in [3.8, 4) is 11.6 Å². The standard InChI is InChI=1S/C24H18ClN5O3/c1-15-11-12-16(13-18(15)25)26-21(31)14-29-24(32)30-20-10-6-5-9-19(20)27-23(22(30)28-29)33-17-7-3-2-4-8-17/h2-13H,14H2,1H3,(H,26,31). The molecule has 0 aliphatic heterocycles. The van der Waals surface area contributed by atoms with E-state index in [1.807, 2.05) is 31.2 Å². The van der Waals surface area contributed by atoms with Crippen molar-refractivity contribution in [3.63, 3.8) is 0 Å². The molecule has 2 heterocycles. The maximum absolute atomic E-state index is 13.2. The van der Waals surface area contributed by atoms with E-state index in [0.717, 1.165) is 10.2 Å². The fourth-order valence-corrected chi connectivity index (χ4v) is 3.63. The summed E-state index contributed by atoms with van der Waals surface area (Å²) in [5.41, 5.74) is 2.31. The zero-order valence-electron chi connectivity index (χ0n) is 17.5. The van der Waals surface area contributed by atoms with Crippen molar-refractivity contribution in [1.82, 2.24) is 19.2 Å². The van der Waals surface area contributed by atoms with Gasteiger partial charge in [0.15, 0.2) is 0 Å². The molecule has 3 aromatic carbocycles. The number of nitrogens with one attached hydrogen (secondary N) is 1. The van der Waals surface area contributed by atoms with Gasteiger partial charge in [-0.25, -0.2) is 18.9 Å². The van der Waals surface area contributed by atoms with Gasteiger partial charge in [-0.05, 0) is 48.9 Å². The van der Waals surface area contributed by atoms with Crippen LogP contribution in [0.15, 0.2) is 77.6 Å². The highest BCUT2D eigenvalue weighted by molar-refractivity contribution is 6.31. The summed E-state index contributed by atoms with van der Waals surface area (Å²) >= 11 is 6.13. The summed E-state index contributed by atoms with van der Waals surface area (Å²) < 4.78 is 8.42. The summed E-state index contributed by atoms with van der Waals surface area (Å²) in [6, 6.07) is 21.5. The Labute approximate surface area is 193 Å². The van der Waals surface area contributed by atoms with Crippen LogP contribution in [0.5, 0.6) is 11.6 Å². The lowest BCUT2D eigenvalue weighted by molar-refractivity contribution is -0.117. The lowest BCUT2D eigenvalue weighted by atomic mass is 10.2. The molecule has 1 N–H and O–H groups in total. The predicted octanol–water partition coefficient (Wildman–Crippen LogP) is 4.44. The molecule has 8 nitrogen and oxygen atoms in total. The van der Waals surface area contributed by atoms with E-state index in [0.29, 0.717) is 27.5 Å². The molecule has 0 saturated carbocycles. The molecule has 0 bridgehead atoms.